The van der Waals surface area contributed by atoms with Crippen LogP contribution in [0.2, 0.25) is 0 Å². The van der Waals surface area contributed by atoms with Gasteiger partial charge in [-0.1, -0.05) is 43.4 Å². The topological polar surface area (TPSA) is 29.3 Å². The van der Waals surface area contributed by atoms with Crippen molar-refractivity contribution in [1.29, 1.82) is 0 Å². The van der Waals surface area contributed by atoms with E-state index in [4.69, 9.17) is 5.73 Å². The summed E-state index contributed by atoms with van der Waals surface area (Å²) in [5, 5.41) is 0. The van der Waals surface area contributed by atoms with Gasteiger partial charge in [-0.15, -0.1) is 0 Å². The van der Waals surface area contributed by atoms with Gasteiger partial charge in [-0.25, -0.2) is 0 Å². The molecular formula is C15H22N2. The highest BCUT2D eigenvalue weighted by Gasteiger charge is 2.03. The molecule has 2 nitrogen and oxygen atoms in total. The minimum atomic E-state index is 0.417. The molecule has 0 spiro atoms. The summed E-state index contributed by atoms with van der Waals surface area (Å²) >= 11 is 0. The van der Waals surface area contributed by atoms with E-state index in [0.29, 0.717) is 6.54 Å². The molecule has 0 saturated heterocycles. The predicted molar refractivity (Wildman–Crippen MR) is 73.6 cm³/mol. The first-order valence-electron chi connectivity index (χ1n) is 6.23. The van der Waals surface area contributed by atoms with Gasteiger partial charge in [0.05, 0.1) is 6.54 Å². The van der Waals surface area contributed by atoms with Crippen LogP contribution in [-0.4, -0.2) is 25.0 Å². The monoisotopic (exact) mass is 230 g/mol. The van der Waals surface area contributed by atoms with Gasteiger partial charge in [-0.05, 0) is 31.6 Å². The van der Waals surface area contributed by atoms with Crippen molar-refractivity contribution in [2.24, 2.45) is 5.73 Å². The minimum Gasteiger partial charge on any atom is -0.320 e. The maximum Gasteiger partial charge on any atom is 0.0555 e. The van der Waals surface area contributed by atoms with Gasteiger partial charge in [0.15, 0.2) is 0 Å². The number of nitrogens with zero attached hydrogens (tertiary/aromatic N) is 1. The van der Waals surface area contributed by atoms with E-state index in [0.717, 1.165) is 18.7 Å². The van der Waals surface area contributed by atoms with Crippen molar-refractivity contribution in [1.82, 2.24) is 4.90 Å². The summed E-state index contributed by atoms with van der Waals surface area (Å²) in [6.07, 6.45) is 2.48. The zero-order valence-electron chi connectivity index (χ0n) is 10.9. The smallest absolute Gasteiger partial charge is 0.0555 e. The van der Waals surface area contributed by atoms with E-state index >= 15 is 0 Å². The Labute approximate surface area is 105 Å². The Hall–Kier alpha value is -1.30. The second kappa shape index (κ2) is 7.89. The molecule has 1 aromatic rings. The average molecular weight is 230 g/mol. The van der Waals surface area contributed by atoms with Gasteiger partial charge in [0.1, 0.15) is 0 Å². The third-order valence-electron chi connectivity index (χ3n) is 2.68. The van der Waals surface area contributed by atoms with Crippen molar-refractivity contribution < 1.29 is 0 Å². The molecule has 1 rings (SSSR count). The van der Waals surface area contributed by atoms with Crippen LogP contribution in [0.25, 0.3) is 0 Å². The lowest BCUT2D eigenvalue weighted by atomic mass is 10.1. The lowest BCUT2D eigenvalue weighted by Gasteiger charge is -2.17. The molecule has 0 heterocycles. The lowest BCUT2D eigenvalue weighted by Crippen LogP contribution is -2.19. The van der Waals surface area contributed by atoms with Crippen molar-refractivity contribution in [3.05, 3.63) is 35.4 Å². The van der Waals surface area contributed by atoms with Crippen molar-refractivity contribution >= 4 is 0 Å². The highest BCUT2D eigenvalue weighted by atomic mass is 15.1. The fraction of sp³-hybridized carbons (Fsp3) is 0.467. The molecule has 0 aromatic heterocycles. The third kappa shape index (κ3) is 5.04. The van der Waals surface area contributed by atoms with Crippen LogP contribution >= 0.6 is 0 Å². The molecule has 0 fully saturated rings. The first-order valence-corrected chi connectivity index (χ1v) is 6.23. The molecule has 0 atom stereocenters. The Morgan fingerprint density at radius 2 is 2.06 bits per heavy atom. The van der Waals surface area contributed by atoms with Gasteiger partial charge >= 0.3 is 0 Å². The van der Waals surface area contributed by atoms with Gasteiger partial charge in [0.25, 0.3) is 0 Å². The molecule has 1 aromatic carbocycles. The molecule has 2 heteroatoms. The lowest BCUT2D eigenvalue weighted by molar-refractivity contribution is 0.320. The van der Waals surface area contributed by atoms with Gasteiger partial charge in [-0.3, -0.25) is 0 Å². The Morgan fingerprint density at radius 1 is 1.29 bits per heavy atom. The number of rotatable bonds is 5. The summed E-state index contributed by atoms with van der Waals surface area (Å²) in [5.41, 5.74) is 7.79. The summed E-state index contributed by atoms with van der Waals surface area (Å²) in [6.45, 7) is 4.72. The molecule has 0 bridgehead atoms. The van der Waals surface area contributed by atoms with Crippen molar-refractivity contribution in [2.45, 2.75) is 26.3 Å². The van der Waals surface area contributed by atoms with Crippen LogP contribution in [0.5, 0.6) is 0 Å². The van der Waals surface area contributed by atoms with Crippen LogP contribution in [0.4, 0.5) is 0 Å². The Balaban J connectivity index is 2.69. The molecule has 17 heavy (non-hydrogen) atoms. The van der Waals surface area contributed by atoms with Crippen LogP contribution < -0.4 is 5.73 Å². The van der Waals surface area contributed by atoms with E-state index in [9.17, 15) is 0 Å². The Bertz CT molecular complexity index is 387. The van der Waals surface area contributed by atoms with Crippen LogP contribution in [0, 0.1) is 11.8 Å². The van der Waals surface area contributed by atoms with Crippen LogP contribution in [0.3, 0.4) is 0 Å². The summed E-state index contributed by atoms with van der Waals surface area (Å²) in [5.74, 6) is 6.05. The molecule has 0 saturated carbocycles. The van der Waals surface area contributed by atoms with Crippen molar-refractivity contribution in [2.75, 3.05) is 20.1 Å². The predicted octanol–water partition coefficient (Wildman–Crippen LogP) is 2.23. The molecule has 92 valence electrons. The van der Waals surface area contributed by atoms with E-state index in [1.807, 2.05) is 6.07 Å². The zero-order chi connectivity index (χ0) is 12.5. The van der Waals surface area contributed by atoms with Crippen molar-refractivity contribution in [3.8, 4) is 11.8 Å². The van der Waals surface area contributed by atoms with E-state index < -0.39 is 0 Å². The van der Waals surface area contributed by atoms with E-state index in [-0.39, 0.29) is 0 Å². The average Bonchev–Trinajstić information content (AvgIpc) is 2.35. The third-order valence-corrected chi connectivity index (χ3v) is 2.68. The number of hydrogen-bond donors (Lipinski definition) is 1. The molecule has 0 amide bonds. The quantitative estimate of drug-likeness (QED) is 0.786. The SMILES string of the molecule is CCCCN(C)Cc1ccccc1C#CCN. The Kier molecular flexibility index (Phi) is 6.39. The summed E-state index contributed by atoms with van der Waals surface area (Å²) in [4.78, 5) is 2.34. The largest absolute Gasteiger partial charge is 0.320 e. The molecule has 0 radical (unpaired) electrons. The van der Waals surface area contributed by atoms with E-state index in [2.05, 4.69) is 48.9 Å². The maximum atomic E-state index is 5.41. The van der Waals surface area contributed by atoms with Gasteiger partial charge in [-0.2, -0.15) is 0 Å². The van der Waals surface area contributed by atoms with Crippen LogP contribution in [0.15, 0.2) is 24.3 Å². The molecule has 0 aliphatic rings. The molecule has 0 aliphatic carbocycles. The van der Waals surface area contributed by atoms with Gasteiger partial charge in [0.2, 0.25) is 0 Å². The highest BCUT2D eigenvalue weighted by molar-refractivity contribution is 5.41. The molecule has 0 aliphatic heterocycles. The van der Waals surface area contributed by atoms with Gasteiger partial charge in [0, 0.05) is 12.1 Å². The zero-order valence-corrected chi connectivity index (χ0v) is 10.9. The van der Waals surface area contributed by atoms with E-state index in [1.54, 1.807) is 0 Å². The second-order valence-electron chi connectivity index (χ2n) is 4.25. The molecular weight excluding hydrogens is 208 g/mol. The fourth-order valence-corrected chi connectivity index (χ4v) is 1.72. The summed E-state index contributed by atoms with van der Waals surface area (Å²) in [7, 11) is 2.16. The fourth-order valence-electron chi connectivity index (χ4n) is 1.72. The van der Waals surface area contributed by atoms with Crippen LogP contribution in [0.1, 0.15) is 30.9 Å². The standard InChI is InChI=1S/C15H22N2/c1-3-4-12-17(2)13-15-9-6-5-8-14(15)10-7-11-16/h5-6,8-9H,3-4,11-13,16H2,1-2H3. The first-order chi connectivity index (χ1) is 8.27. The van der Waals surface area contributed by atoms with E-state index in [1.165, 1.54) is 18.4 Å². The molecule has 2 N–H and O–H groups in total. The number of benzene rings is 1. The van der Waals surface area contributed by atoms with Crippen molar-refractivity contribution in [3.63, 3.8) is 0 Å². The normalized spacial score (nSPS) is 10.1. The summed E-state index contributed by atoms with van der Waals surface area (Å²) < 4.78 is 0. The molecule has 0 unspecified atom stereocenters. The number of hydrogen-bond acceptors (Lipinski definition) is 2. The first kappa shape index (κ1) is 13.8. The van der Waals surface area contributed by atoms with Crippen LogP contribution in [-0.2, 0) is 6.54 Å². The maximum absolute atomic E-state index is 5.41. The Morgan fingerprint density at radius 3 is 2.76 bits per heavy atom. The van der Waals surface area contributed by atoms with Gasteiger partial charge < -0.3 is 10.6 Å². The number of nitrogens with two attached hydrogens (primary N) is 1. The highest BCUT2D eigenvalue weighted by Crippen LogP contribution is 2.10. The number of unbranched alkanes of at least 4 members (excludes halogenated alkanes) is 1. The minimum absolute atomic E-state index is 0.417. The summed E-state index contributed by atoms with van der Waals surface area (Å²) in [6, 6.07) is 8.29. The second-order valence-corrected chi connectivity index (χ2v) is 4.25.